The first-order valence-electron chi connectivity index (χ1n) is 12.5. The molecule has 0 aliphatic carbocycles. The summed E-state index contributed by atoms with van der Waals surface area (Å²) < 4.78 is 14.8. The molecule has 1 heterocycles. The Kier molecular flexibility index (Phi) is 13.2. The van der Waals surface area contributed by atoms with Gasteiger partial charge in [0, 0.05) is 20.3 Å². The Morgan fingerprint density at radius 2 is 1.50 bits per heavy atom. The number of carbonyl (C=O) groups is 7. The average molecular weight is 644 g/mol. The van der Waals surface area contributed by atoms with Crippen molar-refractivity contribution in [2.75, 3.05) is 6.61 Å². The number of hydrogen-bond donors (Lipinski definition) is 7. The topological polar surface area (TPSA) is 332 Å². The van der Waals surface area contributed by atoms with Crippen LogP contribution in [0.2, 0.25) is 0 Å². The van der Waals surface area contributed by atoms with Crippen LogP contribution in [0.15, 0.2) is 0 Å². The fourth-order valence-corrected chi connectivity index (χ4v) is 3.69. The van der Waals surface area contributed by atoms with Gasteiger partial charge in [0.1, 0.15) is 36.9 Å². The van der Waals surface area contributed by atoms with Gasteiger partial charge in [-0.1, -0.05) is 6.92 Å². The molecule has 0 aromatic rings. The van der Waals surface area contributed by atoms with E-state index in [1.54, 1.807) is 0 Å². The van der Waals surface area contributed by atoms with Crippen LogP contribution in [0.4, 0.5) is 0 Å². The molecule has 8 atom stereocenters. The van der Waals surface area contributed by atoms with Crippen molar-refractivity contribution in [1.82, 2.24) is 0 Å². The monoisotopic (exact) mass is 643 g/mol. The van der Waals surface area contributed by atoms with Crippen molar-refractivity contribution < 1.29 is 98.0 Å². The van der Waals surface area contributed by atoms with Crippen molar-refractivity contribution in [2.24, 2.45) is 5.73 Å². The van der Waals surface area contributed by atoms with Crippen LogP contribution in [0.3, 0.4) is 0 Å². The molecule has 1 aliphatic rings. The zero-order valence-corrected chi connectivity index (χ0v) is 23.7. The van der Waals surface area contributed by atoms with E-state index >= 15 is 0 Å². The molecule has 1 aliphatic heterocycles. The number of hydrogen-bond acceptors (Lipinski definition) is 21. The highest BCUT2D eigenvalue weighted by atomic mass is 17.2. The summed E-state index contributed by atoms with van der Waals surface area (Å²) in [5.41, 5.74) is -2.35. The summed E-state index contributed by atoms with van der Waals surface area (Å²) in [7, 11) is 0. The molecular weight excluding hydrogens is 610 g/mol. The molecular formula is C23H33NO20. The van der Waals surface area contributed by atoms with Gasteiger partial charge in [-0.25, -0.2) is 48.3 Å². The summed E-state index contributed by atoms with van der Waals surface area (Å²) >= 11 is 0. The molecule has 1 fully saturated rings. The van der Waals surface area contributed by atoms with Crippen molar-refractivity contribution >= 4 is 41.6 Å². The molecule has 8 N–H and O–H groups in total. The van der Waals surface area contributed by atoms with Crippen molar-refractivity contribution in [1.29, 1.82) is 0 Å². The maximum Gasteiger partial charge on any atom is 0.418 e. The molecule has 3 unspecified atom stereocenters. The van der Waals surface area contributed by atoms with Crippen LogP contribution >= 0.6 is 0 Å². The smallest absolute Gasteiger partial charge is 0.418 e. The molecule has 0 saturated carbocycles. The first-order chi connectivity index (χ1) is 20.2. The zero-order valence-electron chi connectivity index (χ0n) is 23.7. The summed E-state index contributed by atoms with van der Waals surface area (Å²) in [6.07, 6.45) is -14.6. The molecule has 250 valence electrons. The largest absolute Gasteiger partial charge is 0.444 e. The van der Waals surface area contributed by atoms with E-state index < -0.39 is 102 Å². The van der Waals surface area contributed by atoms with Gasteiger partial charge >= 0.3 is 41.5 Å². The SMILES string of the molecule is CCCC(=O)OOC(=O)CC(OC(=O)C(C)O)(C1(O)O[C@H](CO)[C@@H](O)[C@H](O)[C@H]1O)[C@@](N)(OC(=O)C(C)=O)C(=O)OOC(C)=O. The number of carbonyl (C=O) groups excluding carboxylic acids is 7. The third kappa shape index (κ3) is 8.00. The summed E-state index contributed by atoms with van der Waals surface area (Å²) in [4.78, 5) is 103. The number of ketones is 1. The molecule has 0 aromatic heterocycles. The second kappa shape index (κ2) is 15.3. The quantitative estimate of drug-likeness (QED) is 0.0343. The van der Waals surface area contributed by atoms with Gasteiger partial charge in [0.05, 0.1) is 6.61 Å². The molecule has 0 bridgehead atoms. The predicted octanol–water partition coefficient (Wildman–Crippen LogP) is -5.19. The fraction of sp³-hybridized carbons (Fsp3) is 0.696. The van der Waals surface area contributed by atoms with Crippen molar-refractivity contribution in [2.45, 2.75) is 94.6 Å². The third-order valence-corrected chi connectivity index (χ3v) is 5.91. The number of Topliss-reactive ketones (excluding diaryl/α,β-unsaturated/α-hetero) is 1. The first-order valence-corrected chi connectivity index (χ1v) is 12.5. The van der Waals surface area contributed by atoms with Gasteiger partial charge in [0.2, 0.25) is 17.2 Å². The highest BCUT2D eigenvalue weighted by Crippen LogP contribution is 2.47. The third-order valence-electron chi connectivity index (χ3n) is 5.91. The summed E-state index contributed by atoms with van der Waals surface area (Å²) in [6, 6.07) is 0. The van der Waals surface area contributed by atoms with Gasteiger partial charge in [-0.3, -0.25) is 10.5 Å². The lowest BCUT2D eigenvalue weighted by molar-refractivity contribution is -0.422. The highest BCUT2D eigenvalue weighted by Gasteiger charge is 2.79. The molecule has 0 spiro atoms. The molecule has 0 amide bonds. The van der Waals surface area contributed by atoms with Gasteiger partial charge in [-0.2, -0.15) is 0 Å². The van der Waals surface area contributed by atoms with E-state index in [2.05, 4.69) is 19.6 Å². The van der Waals surface area contributed by atoms with Crippen LogP contribution in [0, 0.1) is 0 Å². The second-order valence-electron chi connectivity index (χ2n) is 9.35. The van der Waals surface area contributed by atoms with Crippen molar-refractivity contribution in [3.8, 4) is 0 Å². The van der Waals surface area contributed by atoms with E-state index in [9.17, 15) is 64.2 Å². The molecule has 21 heteroatoms. The number of rotatable bonds is 12. The fourth-order valence-electron chi connectivity index (χ4n) is 3.69. The summed E-state index contributed by atoms with van der Waals surface area (Å²) in [6.45, 7) is 2.13. The number of aliphatic hydroxyl groups excluding tert-OH is 5. The zero-order chi connectivity index (χ0) is 34.2. The second-order valence-corrected chi connectivity index (χ2v) is 9.35. The Morgan fingerprint density at radius 3 is 1.98 bits per heavy atom. The van der Waals surface area contributed by atoms with E-state index in [1.165, 1.54) is 6.92 Å². The molecule has 1 rings (SSSR count). The van der Waals surface area contributed by atoms with Crippen LogP contribution < -0.4 is 5.73 Å². The van der Waals surface area contributed by atoms with Crippen molar-refractivity contribution in [3.05, 3.63) is 0 Å². The minimum Gasteiger partial charge on any atom is -0.444 e. The van der Waals surface area contributed by atoms with Crippen molar-refractivity contribution in [3.63, 3.8) is 0 Å². The number of ether oxygens (including phenoxy) is 3. The Hall–Kier alpha value is -3.83. The average Bonchev–Trinajstić information content (AvgIpc) is 2.94. The summed E-state index contributed by atoms with van der Waals surface area (Å²) in [5.74, 6) is -16.7. The summed E-state index contributed by atoms with van der Waals surface area (Å²) in [5, 5.41) is 63.0. The van der Waals surface area contributed by atoms with E-state index in [0.29, 0.717) is 20.8 Å². The Bertz CT molecular complexity index is 1120. The molecule has 0 aromatic carbocycles. The van der Waals surface area contributed by atoms with Crippen LogP contribution in [0.1, 0.15) is 47.0 Å². The lowest BCUT2D eigenvalue weighted by atomic mass is 9.72. The molecule has 1 saturated heterocycles. The highest BCUT2D eigenvalue weighted by molar-refractivity contribution is 6.32. The lowest BCUT2D eigenvalue weighted by Gasteiger charge is -2.56. The Balaban J connectivity index is 4.22. The van der Waals surface area contributed by atoms with Crippen LogP contribution in [0.25, 0.3) is 0 Å². The molecule has 0 radical (unpaired) electrons. The lowest BCUT2D eigenvalue weighted by Crippen LogP contribution is -2.84. The minimum atomic E-state index is -4.21. The standard InChI is InChI=1S/C23H33NO20/c1-5-6-13(29)42-43-14(30)7-21(39-18(34)9(2)26,23(37)17(33)16(32)15(31)12(8-25)38-23)22(24,40-19(35)10(3)27)20(36)44-41-11(4)28/h9,12,15-17,25-26,31-33,37H,5-8,24H2,1-4H3/t9?,12-,15-,16+,17-,21?,22+,23?/m1/s1. The van der Waals surface area contributed by atoms with Gasteiger partial charge in [-0.15, -0.1) is 0 Å². The maximum atomic E-state index is 13.3. The van der Waals surface area contributed by atoms with E-state index in [0.717, 1.165) is 0 Å². The Labute approximate surface area is 247 Å². The first kappa shape index (κ1) is 38.2. The van der Waals surface area contributed by atoms with Gasteiger partial charge < -0.3 is 44.8 Å². The van der Waals surface area contributed by atoms with E-state index in [-0.39, 0.29) is 12.8 Å². The van der Waals surface area contributed by atoms with Gasteiger partial charge in [0.25, 0.3) is 0 Å². The van der Waals surface area contributed by atoms with Gasteiger partial charge in [0.15, 0.2) is 0 Å². The van der Waals surface area contributed by atoms with Crippen LogP contribution in [-0.4, -0.2) is 126 Å². The number of aliphatic hydroxyl groups is 6. The number of esters is 2. The van der Waals surface area contributed by atoms with E-state index in [4.69, 9.17) is 19.9 Å². The molecule has 44 heavy (non-hydrogen) atoms. The van der Waals surface area contributed by atoms with Gasteiger partial charge in [-0.05, 0) is 13.3 Å². The Morgan fingerprint density at radius 1 is 0.932 bits per heavy atom. The number of nitrogens with two attached hydrogens (primary N) is 1. The predicted molar refractivity (Wildman–Crippen MR) is 129 cm³/mol. The minimum absolute atomic E-state index is 0.184. The maximum absolute atomic E-state index is 13.3. The normalized spacial score (nSPS) is 26.4. The van der Waals surface area contributed by atoms with Crippen LogP contribution in [-0.2, 0) is 67.3 Å². The van der Waals surface area contributed by atoms with Crippen LogP contribution in [0.5, 0.6) is 0 Å². The van der Waals surface area contributed by atoms with E-state index in [1.807, 2.05) is 0 Å². The molecule has 21 nitrogen and oxygen atoms in total.